The fourth-order valence-corrected chi connectivity index (χ4v) is 2.69. The Morgan fingerprint density at radius 1 is 1.21 bits per heavy atom. The lowest BCUT2D eigenvalue weighted by Crippen LogP contribution is -2.26. The molecule has 1 aliphatic carbocycles. The first-order valence-corrected chi connectivity index (χ1v) is 6.06. The smallest absolute Gasteiger partial charge is 0.131 e. The van der Waals surface area contributed by atoms with Crippen LogP contribution in [0.5, 0.6) is 0 Å². The summed E-state index contributed by atoms with van der Waals surface area (Å²) >= 11 is 3.56. The second kappa shape index (κ2) is 3.37. The van der Waals surface area contributed by atoms with Crippen molar-refractivity contribution in [2.45, 2.75) is 52.0 Å². The predicted molar refractivity (Wildman–Crippen MR) is 61.6 cm³/mol. The van der Waals surface area contributed by atoms with Crippen LogP contribution in [0.15, 0.2) is 4.60 Å². The molecule has 1 heterocycles. The van der Waals surface area contributed by atoms with Gasteiger partial charge in [-0.1, -0.05) is 0 Å². The van der Waals surface area contributed by atoms with Crippen molar-refractivity contribution >= 4 is 15.9 Å². The Morgan fingerprint density at radius 2 is 1.86 bits per heavy atom. The molecule has 0 fully saturated rings. The van der Waals surface area contributed by atoms with Crippen molar-refractivity contribution < 1.29 is 0 Å². The molecule has 0 atom stereocenters. The summed E-state index contributed by atoms with van der Waals surface area (Å²) in [5.74, 6) is 0. The van der Waals surface area contributed by atoms with Crippen molar-refractivity contribution in [1.82, 2.24) is 9.78 Å². The van der Waals surface area contributed by atoms with Crippen molar-refractivity contribution in [3.63, 3.8) is 0 Å². The van der Waals surface area contributed by atoms with E-state index in [0.29, 0.717) is 0 Å². The summed E-state index contributed by atoms with van der Waals surface area (Å²) < 4.78 is 3.24. The molecule has 0 spiro atoms. The van der Waals surface area contributed by atoms with E-state index in [9.17, 15) is 0 Å². The summed E-state index contributed by atoms with van der Waals surface area (Å²) in [7, 11) is 0. The molecule has 0 aromatic carbocycles. The van der Waals surface area contributed by atoms with Crippen molar-refractivity contribution in [3.05, 3.63) is 15.9 Å². The minimum Gasteiger partial charge on any atom is -0.263 e. The molecule has 0 saturated heterocycles. The number of fused-ring (bicyclic) bond motifs is 1. The Bertz CT molecular complexity index is 347. The maximum absolute atomic E-state index is 4.60. The van der Waals surface area contributed by atoms with Gasteiger partial charge in [0.2, 0.25) is 0 Å². The van der Waals surface area contributed by atoms with Gasteiger partial charge < -0.3 is 0 Å². The predicted octanol–water partition coefficient (Wildman–Crippen LogP) is 3.28. The van der Waals surface area contributed by atoms with Crippen LogP contribution in [-0.2, 0) is 18.4 Å². The monoisotopic (exact) mass is 256 g/mol. The van der Waals surface area contributed by atoms with Gasteiger partial charge >= 0.3 is 0 Å². The second-order valence-electron chi connectivity index (χ2n) is 5.01. The highest BCUT2D eigenvalue weighted by atomic mass is 79.9. The fraction of sp³-hybridized carbons (Fsp3) is 0.727. The van der Waals surface area contributed by atoms with Crippen LogP contribution in [0.25, 0.3) is 0 Å². The van der Waals surface area contributed by atoms with Gasteiger partial charge in [-0.25, -0.2) is 0 Å². The highest BCUT2D eigenvalue weighted by molar-refractivity contribution is 9.10. The number of hydrogen-bond donors (Lipinski definition) is 0. The Kier molecular flexibility index (Phi) is 2.46. The first-order valence-electron chi connectivity index (χ1n) is 5.27. The highest BCUT2D eigenvalue weighted by Gasteiger charge is 2.25. The molecule has 78 valence electrons. The van der Waals surface area contributed by atoms with Crippen LogP contribution >= 0.6 is 15.9 Å². The molecule has 0 N–H and O–H groups in total. The summed E-state index contributed by atoms with van der Waals surface area (Å²) in [6, 6.07) is 0. The Balaban J connectivity index is 2.52. The lowest BCUT2D eigenvalue weighted by atomic mass is 9.97. The summed E-state index contributed by atoms with van der Waals surface area (Å²) in [5.41, 5.74) is 2.98. The molecule has 2 rings (SSSR count). The molecule has 14 heavy (non-hydrogen) atoms. The summed E-state index contributed by atoms with van der Waals surface area (Å²) in [4.78, 5) is 0. The topological polar surface area (TPSA) is 17.8 Å². The molecule has 0 aliphatic heterocycles. The quantitative estimate of drug-likeness (QED) is 0.697. The molecule has 0 radical (unpaired) electrons. The number of halogens is 1. The maximum Gasteiger partial charge on any atom is 0.131 e. The van der Waals surface area contributed by atoms with E-state index in [1.807, 2.05) is 0 Å². The highest BCUT2D eigenvalue weighted by Crippen LogP contribution is 2.31. The van der Waals surface area contributed by atoms with Crippen molar-refractivity contribution in [2.75, 3.05) is 0 Å². The average Bonchev–Trinajstić information content (AvgIpc) is 2.44. The molecule has 0 bridgehead atoms. The van der Waals surface area contributed by atoms with E-state index in [1.54, 1.807) is 0 Å². The van der Waals surface area contributed by atoms with Crippen molar-refractivity contribution in [3.8, 4) is 0 Å². The van der Waals surface area contributed by atoms with Crippen LogP contribution < -0.4 is 0 Å². The van der Waals surface area contributed by atoms with E-state index in [2.05, 4.69) is 46.5 Å². The van der Waals surface area contributed by atoms with Gasteiger partial charge in [0.05, 0.1) is 5.54 Å². The summed E-state index contributed by atoms with van der Waals surface area (Å²) in [5, 5.41) is 4.60. The molecule has 1 aliphatic rings. The zero-order valence-corrected chi connectivity index (χ0v) is 10.7. The number of aromatic nitrogens is 2. The molecule has 0 unspecified atom stereocenters. The molecular weight excluding hydrogens is 240 g/mol. The van der Waals surface area contributed by atoms with Crippen LogP contribution in [0, 0.1) is 0 Å². The van der Waals surface area contributed by atoms with Crippen LogP contribution in [0.4, 0.5) is 0 Å². The van der Waals surface area contributed by atoms with Crippen LogP contribution in [-0.4, -0.2) is 9.78 Å². The first-order chi connectivity index (χ1) is 6.50. The van der Waals surface area contributed by atoms with Crippen molar-refractivity contribution in [2.24, 2.45) is 0 Å². The molecule has 1 aromatic heterocycles. The minimum atomic E-state index is 0.105. The first kappa shape index (κ1) is 10.2. The zero-order chi connectivity index (χ0) is 10.3. The largest absolute Gasteiger partial charge is 0.263 e. The fourth-order valence-electron chi connectivity index (χ4n) is 2.11. The average molecular weight is 257 g/mol. The third-order valence-corrected chi connectivity index (χ3v) is 3.40. The van der Waals surface area contributed by atoms with E-state index >= 15 is 0 Å². The standard InChI is InChI=1S/C11H17BrN2/c1-11(2,3)14-9-7-5-4-6-8(9)10(12)13-14/h4-7H2,1-3H3. The molecule has 1 aromatic rings. The normalized spacial score (nSPS) is 16.9. The summed E-state index contributed by atoms with van der Waals surface area (Å²) in [6.07, 6.45) is 4.99. The van der Waals surface area contributed by atoms with Gasteiger partial charge in [-0.05, 0) is 62.4 Å². The number of nitrogens with zero attached hydrogens (tertiary/aromatic N) is 2. The molecule has 0 saturated carbocycles. The van der Waals surface area contributed by atoms with Gasteiger partial charge in [-0.3, -0.25) is 4.68 Å². The van der Waals surface area contributed by atoms with E-state index in [-0.39, 0.29) is 5.54 Å². The van der Waals surface area contributed by atoms with Gasteiger partial charge in [-0.15, -0.1) is 0 Å². The van der Waals surface area contributed by atoms with Crippen LogP contribution in [0.3, 0.4) is 0 Å². The Labute approximate surface area is 93.8 Å². The molecular formula is C11H17BrN2. The third-order valence-electron chi connectivity index (χ3n) is 2.77. The minimum absolute atomic E-state index is 0.105. The van der Waals surface area contributed by atoms with Gasteiger partial charge in [0.15, 0.2) is 0 Å². The van der Waals surface area contributed by atoms with Crippen molar-refractivity contribution in [1.29, 1.82) is 0 Å². The SMILES string of the molecule is CC(C)(C)n1nc(Br)c2c1CCCC2. The van der Waals surface area contributed by atoms with E-state index in [4.69, 9.17) is 0 Å². The second-order valence-corrected chi connectivity index (χ2v) is 5.76. The lowest BCUT2D eigenvalue weighted by Gasteiger charge is -2.24. The maximum atomic E-state index is 4.60. The lowest BCUT2D eigenvalue weighted by molar-refractivity contribution is 0.339. The van der Waals surface area contributed by atoms with E-state index < -0.39 is 0 Å². The Morgan fingerprint density at radius 3 is 2.50 bits per heavy atom. The molecule has 3 heteroatoms. The zero-order valence-electron chi connectivity index (χ0n) is 9.10. The number of hydrogen-bond acceptors (Lipinski definition) is 1. The van der Waals surface area contributed by atoms with Gasteiger partial charge in [0, 0.05) is 11.3 Å². The summed E-state index contributed by atoms with van der Waals surface area (Å²) in [6.45, 7) is 6.63. The molecule has 0 amide bonds. The van der Waals surface area contributed by atoms with Gasteiger partial charge in [0.25, 0.3) is 0 Å². The van der Waals surface area contributed by atoms with Gasteiger partial charge in [-0.2, -0.15) is 5.10 Å². The van der Waals surface area contributed by atoms with Gasteiger partial charge in [0.1, 0.15) is 4.60 Å². The van der Waals surface area contributed by atoms with E-state index in [1.165, 1.54) is 36.9 Å². The van der Waals surface area contributed by atoms with Crippen LogP contribution in [0.2, 0.25) is 0 Å². The number of rotatable bonds is 0. The van der Waals surface area contributed by atoms with Crippen LogP contribution in [0.1, 0.15) is 44.9 Å². The third kappa shape index (κ3) is 1.62. The Hall–Kier alpha value is -0.310. The molecule has 2 nitrogen and oxygen atoms in total. The van der Waals surface area contributed by atoms with E-state index in [0.717, 1.165) is 4.60 Å².